The quantitative estimate of drug-likeness (QED) is 0.495. The smallest absolute Gasteiger partial charge is 0.334 e. The zero-order chi connectivity index (χ0) is 18.0. The van der Waals surface area contributed by atoms with Gasteiger partial charge in [0, 0.05) is 15.6 Å². The fourth-order valence-corrected chi connectivity index (χ4v) is 2.97. The molecule has 0 radical (unpaired) electrons. The summed E-state index contributed by atoms with van der Waals surface area (Å²) in [6, 6.07) is 6.76. The largest absolute Gasteiger partial charge is 0.353 e. The van der Waals surface area contributed by atoms with Gasteiger partial charge in [0.15, 0.2) is 5.13 Å². The van der Waals surface area contributed by atoms with E-state index in [0.717, 1.165) is 10.6 Å². The molecule has 10 heteroatoms. The second-order valence-corrected chi connectivity index (χ2v) is 6.73. The number of nitrogens with zero attached hydrogens (tertiary/aromatic N) is 4. The summed E-state index contributed by atoms with van der Waals surface area (Å²) in [5.41, 5.74) is 1.23. The fourth-order valence-electron chi connectivity index (χ4n) is 2.03. The lowest BCUT2D eigenvalue weighted by Gasteiger charge is -2.09. The van der Waals surface area contributed by atoms with E-state index >= 15 is 0 Å². The summed E-state index contributed by atoms with van der Waals surface area (Å²) in [4.78, 5) is 24.3. The molecule has 128 valence electrons. The van der Waals surface area contributed by atoms with Crippen LogP contribution >= 0.6 is 22.9 Å². The molecule has 0 fully saturated rings. The van der Waals surface area contributed by atoms with E-state index in [9.17, 15) is 10.1 Å². The van der Waals surface area contributed by atoms with E-state index in [1.54, 1.807) is 24.3 Å². The van der Waals surface area contributed by atoms with Gasteiger partial charge in [-0.15, -0.1) is 11.3 Å². The van der Waals surface area contributed by atoms with Crippen LogP contribution in [0.25, 0.3) is 0 Å². The summed E-state index contributed by atoms with van der Waals surface area (Å²) in [6.45, 7) is 3.80. The van der Waals surface area contributed by atoms with Crippen molar-refractivity contribution in [1.29, 1.82) is 0 Å². The fraction of sp³-hybridized carbons (Fsp3) is 0.133. The average molecular weight is 377 g/mol. The van der Waals surface area contributed by atoms with Crippen molar-refractivity contribution in [3.63, 3.8) is 0 Å². The average Bonchev–Trinajstić information content (AvgIpc) is 2.87. The Hall–Kier alpha value is -2.78. The Bertz CT molecular complexity index is 909. The minimum Gasteiger partial charge on any atom is -0.334 e. The maximum atomic E-state index is 11.6. The van der Waals surface area contributed by atoms with Gasteiger partial charge >= 0.3 is 5.69 Å². The van der Waals surface area contributed by atoms with Crippen LogP contribution in [0.1, 0.15) is 10.6 Å². The predicted molar refractivity (Wildman–Crippen MR) is 98.3 cm³/mol. The van der Waals surface area contributed by atoms with Gasteiger partial charge in [0.2, 0.25) is 11.6 Å². The molecule has 8 nitrogen and oxygen atoms in total. The van der Waals surface area contributed by atoms with Crippen LogP contribution in [0.3, 0.4) is 0 Å². The Morgan fingerprint density at radius 2 is 1.76 bits per heavy atom. The summed E-state index contributed by atoms with van der Waals surface area (Å²) in [6.07, 6.45) is 1.25. The first-order valence-electron chi connectivity index (χ1n) is 7.17. The number of halogens is 1. The lowest BCUT2D eigenvalue weighted by molar-refractivity contribution is -0.383. The predicted octanol–water partition coefficient (Wildman–Crippen LogP) is 4.60. The van der Waals surface area contributed by atoms with Crippen LogP contribution in [-0.4, -0.2) is 19.9 Å². The summed E-state index contributed by atoms with van der Waals surface area (Å²) < 4.78 is 0. The zero-order valence-corrected chi connectivity index (χ0v) is 14.9. The number of anilines is 4. The van der Waals surface area contributed by atoms with Crippen molar-refractivity contribution in [2.75, 3.05) is 10.6 Å². The van der Waals surface area contributed by atoms with Crippen LogP contribution in [0.15, 0.2) is 30.6 Å². The molecule has 1 aromatic carbocycles. The molecule has 0 bridgehead atoms. The van der Waals surface area contributed by atoms with E-state index in [2.05, 4.69) is 25.6 Å². The third-order valence-electron chi connectivity index (χ3n) is 3.37. The van der Waals surface area contributed by atoms with Crippen LogP contribution in [0.4, 0.5) is 28.1 Å². The molecule has 0 aliphatic rings. The molecule has 0 atom stereocenters. The van der Waals surface area contributed by atoms with E-state index in [1.165, 1.54) is 17.7 Å². The number of aryl methyl sites for hydroxylation is 2. The molecule has 25 heavy (non-hydrogen) atoms. The Labute approximate surface area is 152 Å². The number of nitro groups is 1. The first-order valence-corrected chi connectivity index (χ1v) is 8.36. The van der Waals surface area contributed by atoms with Crippen molar-refractivity contribution in [3.05, 3.63) is 56.3 Å². The summed E-state index contributed by atoms with van der Waals surface area (Å²) in [5, 5.41) is 18.5. The molecule has 0 amide bonds. The van der Waals surface area contributed by atoms with Gasteiger partial charge in [0.05, 0.1) is 10.6 Å². The molecule has 0 saturated carbocycles. The molecule has 0 unspecified atom stereocenters. The van der Waals surface area contributed by atoms with Gasteiger partial charge in [0.25, 0.3) is 0 Å². The molecule has 0 aliphatic carbocycles. The van der Waals surface area contributed by atoms with Crippen LogP contribution in [-0.2, 0) is 0 Å². The van der Waals surface area contributed by atoms with Crippen molar-refractivity contribution >= 4 is 51.1 Å². The third kappa shape index (κ3) is 3.83. The van der Waals surface area contributed by atoms with Gasteiger partial charge in [-0.1, -0.05) is 11.6 Å². The van der Waals surface area contributed by atoms with Crippen molar-refractivity contribution in [2.24, 2.45) is 0 Å². The number of thiazole rings is 1. The normalized spacial score (nSPS) is 10.5. The molecular formula is C15H13ClN6O2S. The number of benzene rings is 1. The lowest BCUT2D eigenvalue weighted by atomic mass is 10.3. The molecule has 2 heterocycles. The Kier molecular flexibility index (Phi) is 4.77. The summed E-state index contributed by atoms with van der Waals surface area (Å²) >= 11 is 7.25. The van der Waals surface area contributed by atoms with E-state index < -0.39 is 4.92 Å². The molecule has 2 aromatic heterocycles. The Morgan fingerprint density at radius 3 is 2.32 bits per heavy atom. The zero-order valence-electron chi connectivity index (χ0n) is 13.3. The monoisotopic (exact) mass is 376 g/mol. The van der Waals surface area contributed by atoms with Gasteiger partial charge in [0.1, 0.15) is 6.33 Å². The van der Waals surface area contributed by atoms with E-state index in [4.69, 9.17) is 11.6 Å². The molecule has 0 aliphatic heterocycles. The van der Waals surface area contributed by atoms with Crippen LogP contribution in [0.5, 0.6) is 0 Å². The highest BCUT2D eigenvalue weighted by molar-refractivity contribution is 7.15. The van der Waals surface area contributed by atoms with E-state index in [1.807, 2.05) is 13.8 Å². The number of aromatic nitrogens is 3. The third-order valence-corrected chi connectivity index (χ3v) is 4.61. The van der Waals surface area contributed by atoms with Crippen molar-refractivity contribution in [2.45, 2.75) is 13.8 Å². The minimum absolute atomic E-state index is 0.0743. The first-order chi connectivity index (χ1) is 11.9. The van der Waals surface area contributed by atoms with Crippen LogP contribution in [0.2, 0.25) is 5.02 Å². The molecular weight excluding hydrogens is 364 g/mol. The maximum Gasteiger partial charge on any atom is 0.353 e. The molecule has 0 saturated heterocycles. The standard InChI is InChI=1S/C15H13ClN6O2S/c1-8-9(2)25-15(19-8)21-14-12(22(23)24)13(17-7-18-14)20-11-5-3-10(16)4-6-11/h3-7H,1-2H3,(H2,17,18,19,20,21). The Morgan fingerprint density at radius 1 is 1.12 bits per heavy atom. The van der Waals surface area contributed by atoms with Crippen LogP contribution in [0, 0.1) is 24.0 Å². The Balaban J connectivity index is 1.96. The van der Waals surface area contributed by atoms with Gasteiger partial charge in [-0.05, 0) is 38.1 Å². The lowest BCUT2D eigenvalue weighted by Crippen LogP contribution is -2.05. The highest BCUT2D eigenvalue weighted by Gasteiger charge is 2.24. The number of nitrogens with one attached hydrogen (secondary N) is 2. The van der Waals surface area contributed by atoms with Gasteiger partial charge in [-0.3, -0.25) is 10.1 Å². The van der Waals surface area contributed by atoms with Crippen molar-refractivity contribution < 1.29 is 4.92 Å². The topological polar surface area (TPSA) is 106 Å². The van der Waals surface area contributed by atoms with Gasteiger partial charge in [-0.25, -0.2) is 15.0 Å². The molecule has 2 N–H and O–H groups in total. The first kappa shape index (κ1) is 17.1. The number of hydrogen-bond acceptors (Lipinski definition) is 8. The van der Waals surface area contributed by atoms with E-state index in [-0.39, 0.29) is 17.3 Å². The number of hydrogen-bond donors (Lipinski definition) is 2. The van der Waals surface area contributed by atoms with Crippen molar-refractivity contribution in [1.82, 2.24) is 15.0 Å². The molecule has 3 rings (SSSR count). The van der Waals surface area contributed by atoms with E-state index in [0.29, 0.717) is 15.8 Å². The highest BCUT2D eigenvalue weighted by Crippen LogP contribution is 2.34. The van der Waals surface area contributed by atoms with Gasteiger partial charge in [-0.2, -0.15) is 0 Å². The maximum absolute atomic E-state index is 11.6. The summed E-state index contributed by atoms with van der Waals surface area (Å²) in [5.74, 6) is 0.153. The van der Waals surface area contributed by atoms with Gasteiger partial charge < -0.3 is 10.6 Å². The molecule has 0 spiro atoms. The van der Waals surface area contributed by atoms with Crippen molar-refractivity contribution in [3.8, 4) is 0 Å². The van der Waals surface area contributed by atoms with Crippen LogP contribution < -0.4 is 10.6 Å². The minimum atomic E-state index is -0.534. The highest BCUT2D eigenvalue weighted by atomic mass is 35.5. The SMILES string of the molecule is Cc1nc(Nc2ncnc(Nc3ccc(Cl)cc3)c2[N+](=O)[O-])sc1C. The number of rotatable bonds is 5. The second-order valence-electron chi connectivity index (χ2n) is 5.09. The molecule has 3 aromatic rings. The summed E-state index contributed by atoms with van der Waals surface area (Å²) in [7, 11) is 0. The second kappa shape index (κ2) is 6.99.